The topological polar surface area (TPSA) is 216 Å². The molecule has 4 unspecified atom stereocenters. The van der Waals surface area contributed by atoms with Gasteiger partial charge in [0.15, 0.2) is 0 Å². The standard InChI is InChI=1S/C18H36N2O12P2S/c1-5-6-10-7-11(20(3)8-10)17(23)19-12(9(2)21)14-15(31-33(24,25)26)13(22)16(18(30-14)35-4)32-34(27,28)29/h9-16,18,21-22H,5-8H2,1-4H3,(H,19,23)(H2,24,25,26)(H2,27,28,29)/t9?,10-,11-,12?,13+,14?,15+,16?,18+/m0/s1. The van der Waals surface area contributed by atoms with Gasteiger partial charge in [-0.2, -0.15) is 0 Å². The summed E-state index contributed by atoms with van der Waals surface area (Å²) in [5.41, 5.74) is -1.24. The maximum absolute atomic E-state index is 13.1. The Hall–Kier alpha value is -0.120. The number of rotatable bonds is 11. The number of carbonyl (C=O) groups excluding carboxylic acids is 1. The molecule has 17 heteroatoms. The van der Waals surface area contributed by atoms with E-state index in [1.807, 2.05) is 4.90 Å². The maximum Gasteiger partial charge on any atom is 0.470 e. The lowest BCUT2D eigenvalue weighted by Gasteiger charge is -2.46. The summed E-state index contributed by atoms with van der Waals surface area (Å²) in [5, 5.41) is 23.9. The van der Waals surface area contributed by atoms with Crippen LogP contribution in [0.25, 0.3) is 0 Å². The van der Waals surface area contributed by atoms with Crippen molar-refractivity contribution in [1.29, 1.82) is 0 Å². The number of amides is 1. The van der Waals surface area contributed by atoms with Crippen LogP contribution in [0.5, 0.6) is 0 Å². The number of nitrogens with one attached hydrogen (secondary N) is 1. The molecule has 35 heavy (non-hydrogen) atoms. The fourth-order valence-electron chi connectivity index (χ4n) is 4.65. The molecule has 0 bridgehead atoms. The van der Waals surface area contributed by atoms with Gasteiger partial charge in [0.05, 0.1) is 18.2 Å². The maximum atomic E-state index is 13.1. The van der Waals surface area contributed by atoms with Crippen molar-refractivity contribution in [2.75, 3.05) is 19.8 Å². The van der Waals surface area contributed by atoms with Gasteiger partial charge in [0, 0.05) is 6.54 Å². The molecule has 14 nitrogen and oxygen atoms in total. The monoisotopic (exact) mass is 566 g/mol. The Balaban J connectivity index is 2.34. The quantitative estimate of drug-likeness (QED) is 0.155. The van der Waals surface area contributed by atoms with Crippen molar-refractivity contribution >= 4 is 33.3 Å². The molecule has 9 atom stereocenters. The normalized spacial score (nSPS) is 34.5. The molecule has 0 aromatic heterocycles. The van der Waals surface area contributed by atoms with E-state index in [2.05, 4.69) is 16.8 Å². The van der Waals surface area contributed by atoms with E-state index < -0.39 is 69.6 Å². The second kappa shape index (κ2) is 12.6. The zero-order valence-electron chi connectivity index (χ0n) is 19.9. The van der Waals surface area contributed by atoms with Gasteiger partial charge in [0.25, 0.3) is 0 Å². The number of carbonyl (C=O) groups is 1. The number of aliphatic hydroxyl groups is 2. The molecule has 2 fully saturated rings. The average molecular weight is 567 g/mol. The first-order valence-electron chi connectivity index (χ1n) is 11.1. The third-order valence-electron chi connectivity index (χ3n) is 6.12. The van der Waals surface area contributed by atoms with E-state index in [1.54, 1.807) is 7.05 Å². The van der Waals surface area contributed by atoms with Crippen LogP contribution < -0.4 is 5.32 Å². The predicted molar refractivity (Wildman–Crippen MR) is 125 cm³/mol. The molecule has 2 aliphatic heterocycles. The first-order valence-corrected chi connectivity index (χ1v) is 15.5. The van der Waals surface area contributed by atoms with Crippen LogP contribution in [0, 0.1) is 5.92 Å². The molecule has 7 N–H and O–H groups in total. The molecule has 0 spiro atoms. The van der Waals surface area contributed by atoms with E-state index >= 15 is 0 Å². The van der Waals surface area contributed by atoms with E-state index in [0.29, 0.717) is 18.9 Å². The lowest BCUT2D eigenvalue weighted by molar-refractivity contribution is -0.203. The number of phosphoric acid groups is 2. The number of aliphatic hydroxyl groups excluding tert-OH is 2. The van der Waals surface area contributed by atoms with E-state index in [9.17, 15) is 43.7 Å². The van der Waals surface area contributed by atoms with Gasteiger partial charge < -0.3 is 39.8 Å². The van der Waals surface area contributed by atoms with Crippen molar-refractivity contribution < 1.29 is 57.5 Å². The summed E-state index contributed by atoms with van der Waals surface area (Å²) in [6, 6.07) is -1.80. The first-order chi connectivity index (χ1) is 16.1. The molecular formula is C18H36N2O12P2S. The molecule has 2 heterocycles. The van der Waals surface area contributed by atoms with Crippen molar-refractivity contribution in [2.24, 2.45) is 5.92 Å². The summed E-state index contributed by atoms with van der Waals surface area (Å²) < 4.78 is 38.2. The molecule has 1 amide bonds. The SMILES string of the molecule is CCC[C@H]1C[C@@H](C(=O)NC(C(C)O)C2O[C@H](SC)C(OP(=O)(O)O)[C@H](O)[C@H]2OP(=O)(O)O)N(C)C1. The van der Waals surface area contributed by atoms with Gasteiger partial charge in [0.1, 0.15) is 29.9 Å². The highest BCUT2D eigenvalue weighted by Gasteiger charge is 2.54. The van der Waals surface area contributed by atoms with Crippen LogP contribution in [-0.2, 0) is 27.7 Å². The van der Waals surface area contributed by atoms with E-state index in [1.165, 1.54) is 13.2 Å². The summed E-state index contributed by atoms with van der Waals surface area (Å²) in [7, 11) is -8.61. The minimum atomic E-state index is -5.26. The Bertz CT molecular complexity index is 810. The van der Waals surface area contributed by atoms with Crippen LogP contribution in [0.15, 0.2) is 0 Å². The van der Waals surface area contributed by atoms with Crippen LogP contribution in [0.1, 0.15) is 33.1 Å². The number of hydrogen-bond donors (Lipinski definition) is 7. The van der Waals surface area contributed by atoms with Crippen LogP contribution in [-0.4, -0.2) is 108 Å². The van der Waals surface area contributed by atoms with Gasteiger partial charge in [-0.05, 0) is 39.0 Å². The van der Waals surface area contributed by atoms with Gasteiger partial charge >= 0.3 is 15.6 Å². The van der Waals surface area contributed by atoms with Crippen molar-refractivity contribution in [2.45, 2.75) is 81.1 Å². The van der Waals surface area contributed by atoms with Crippen LogP contribution in [0.4, 0.5) is 0 Å². The Labute approximate surface area is 208 Å². The van der Waals surface area contributed by atoms with Crippen LogP contribution in [0.3, 0.4) is 0 Å². The number of nitrogens with zero attached hydrogens (tertiary/aromatic N) is 1. The van der Waals surface area contributed by atoms with Crippen molar-refractivity contribution in [3.8, 4) is 0 Å². The molecule has 2 rings (SSSR count). The highest BCUT2D eigenvalue weighted by atomic mass is 32.2. The smallest absolute Gasteiger partial charge is 0.391 e. The lowest BCUT2D eigenvalue weighted by atomic mass is 9.92. The first kappa shape index (κ1) is 31.1. The van der Waals surface area contributed by atoms with Crippen LogP contribution >= 0.6 is 27.4 Å². The van der Waals surface area contributed by atoms with Gasteiger partial charge in [-0.15, -0.1) is 11.8 Å². The third-order valence-corrected chi connectivity index (χ3v) is 8.00. The van der Waals surface area contributed by atoms with Gasteiger partial charge in [-0.1, -0.05) is 13.3 Å². The van der Waals surface area contributed by atoms with Gasteiger partial charge in [-0.3, -0.25) is 18.7 Å². The van der Waals surface area contributed by atoms with Crippen molar-refractivity contribution in [3.63, 3.8) is 0 Å². The summed E-state index contributed by atoms with van der Waals surface area (Å²) in [4.78, 5) is 52.3. The fourth-order valence-corrected chi connectivity index (χ4v) is 6.57. The zero-order valence-corrected chi connectivity index (χ0v) is 22.5. The minimum absolute atomic E-state index is 0.315. The molecule has 0 aromatic carbocycles. The van der Waals surface area contributed by atoms with Gasteiger partial charge in [-0.25, -0.2) is 9.13 Å². The summed E-state index contributed by atoms with van der Waals surface area (Å²) >= 11 is 0.899. The second-order valence-corrected chi connectivity index (χ2v) is 12.3. The molecule has 0 aromatic rings. The number of phosphoric ester groups is 2. The molecule has 2 aliphatic rings. The van der Waals surface area contributed by atoms with Crippen LogP contribution in [0.2, 0.25) is 0 Å². The van der Waals surface area contributed by atoms with Crippen molar-refractivity contribution in [3.05, 3.63) is 0 Å². The number of thioether (sulfide) groups is 1. The molecule has 2 saturated heterocycles. The highest BCUT2D eigenvalue weighted by Crippen LogP contribution is 2.47. The Morgan fingerprint density at radius 1 is 1.20 bits per heavy atom. The second-order valence-electron chi connectivity index (χ2n) is 8.94. The van der Waals surface area contributed by atoms with E-state index in [0.717, 1.165) is 24.6 Å². The Morgan fingerprint density at radius 2 is 1.77 bits per heavy atom. The molecule has 206 valence electrons. The molecule has 0 radical (unpaired) electrons. The summed E-state index contributed by atoms with van der Waals surface area (Å²) in [6.07, 6.45) is -4.48. The lowest BCUT2D eigenvalue weighted by Crippen LogP contribution is -2.66. The number of ether oxygens (including phenoxy) is 1. The average Bonchev–Trinajstić information content (AvgIpc) is 3.08. The van der Waals surface area contributed by atoms with E-state index in [4.69, 9.17) is 9.26 Å². The molecule has 0 aliphatic carbocycles. The fraction of sp³-hybridized carbons (Fsp3) is 0.944. The number of likely N-dealkylation sites (tertiary alicyclic amines) is 1. The van der Waals surface area contributed by atoms with E-state index in [-0.39, 0.29) is 0 Å². The number of hydrogen-bond acceptors (Lipinski definition) is 10. The number of likely N-dealkylation sites (N-methyl/N-ethyl adjacent to an activating group) is 1. The minimum Gasteiger partial charge on any atom is -0.391 e. The molecule has 0 saturated carbocycles. The molecular weight excluding hydrogens is 530 g/mol. The summed E-state index contributed by atoms with van der Waals surface area (Å²) in [5.74, 6) is -0.130. The Kier molecular flexibility index (Phi) is 11.2. The zero-order chi connectivity index (χ0) is 26.7. The Morgan fingerprint density at radius 3 is 2.26 bits per heavy atom. The predicted octanol–water partition coefficient (Wildman–Crippen LogP) is -0.623. The van der Waals surface area contributed by atoms with Crippen molar-refractivity contribution in [1.82, 2.24) is 10.2 Å². The van der Waals surface area contributed by atoms with Gasteiger partial charge in [0.2, 0.25) is 5.91 Å². The third kappa shape index (κ3) is 8.71. The summed E-state index contributed by atoms with van der Waals surface area (Å²) in [6.45, 7) is 4.08. The highest BCUT2D eigenvalue weighted by molar-refractivity contribution is 7.99. The largest absolute Gasteiger partial charge is 0.470 e.